The van der Waals surface area contributed by atoms with Crippen LogP contribution in [-0.2, 0) is 13.1 Å². The monoisotopic (exact) mass is 509 g/mol. The van der Waals surface area contributed by atoms with Crippen LogP contribution in [0, 0.1) is 0 Å². The molecule has 0 fully saturated rings. The van der Waals surface area contributed by atoms with Gasteiger partial charge in [0, 0.05) is 58.5 Å². The molecule has 0 unspecified atom stereocenters. The first-order valence-corrected chi connectivity index (χ1v) is 11.8. The lowest BCUT2D eigenvalue weighted by atomic mass is 10.1. The van der Waals surface area contributed by atoms with Gasteiger partial charge in [0.25, 0.3) is 0 Å². The summed E-state index contributed by atoms with van der Waals surface area (Å²) in [4.78, 5) is 6.77. The van der Waals surface area contributed by atoms with Crippen LogP contribution in [0.4, 0.5) is 5.69 Å². The zero-order valence-corrected chi connectivity index (χ0v) is 20.0. The van der Waals surface area contributed by atoms with Crippen LogP contribution >= 0.6 is 27.5 Å². The molecule has 0 spiro atoms. The van der Waals surface area contributed by atoms with Crippen molar-refractivity contribution in [3.63, 3.8) is 0 Å². The molecule has 0 aliphatic carbocycles. The van der Waals surface area contributed by atoms with Gasteiger partial charge in [-0.3, -0.25) is 9.88 Å². The van der Waals surface area contributed by atoms with Crippen molar-refractivity contribution in [2.45, 2.75) is 19.5 Å². The second-order valence-corrected chi connectivity index (χ2v) is 9.12. The molecule has 0 amide bonds. The predicted molar refractivity (Wildman–Crippen MR) is 136 cm³/mol. The van der Waals surface area contributed by atoms with Gasteiger partial charge in [0.15, 0.2) is 0 Å². The Morgan fingerprint density at radius 2 is 1.81 bits per heavy atom. The minimum atomic E-state index is 0.325. The SMILES string of the molecule is Oc1ccc(Br)cc1CN(CCCNc1ccnc2cc(Cl)ccc12)Cc1ccccc1. The number of hydrogen-bond donors (Lipinski definition) is 2. The number of aromatic hydroxyl groups is 1. The zero-order valence-electron chi connectivity index (χ0n) is 17.6. The molecular formula is C26H25BrClN3O. The number of benzene rings is 3. The van der Waals surface area contributed by atoms with Crippen LogP contribution in [0.2, 0.25) is 5.02 Å². The lowest BCUT2D eigenvalue weighted by Gasteiger charge is -2.23. The molecule has 6 heteroatoms. The fraction of sp³-hybridized carbons (Fsp3) is 0.192. The topological polar surface area (TPSA) is 48.4 Å². The number of rotatable bonds is 9. The van der Waals surface area contributed by atoms with Crippen LogP contribution in [0.25, 0.3) is 10.9 Å². The smallest absolute Gasteiger partial charge is 0.120 e. The third-order valence-electron chi connectivity index (χ3n) is 5.36. The van der Waals surface area contributed by atoms with Crippen LogP contribution in [0.15, 0.2) is 83.5 Å². The number of phenols is 1. The highest BCUT2D eigenvalue weighted by Gasteiger charge is 2.11. The van der Waals surface area contributed by atoms with Crippen molar-refractivity contribution in [2.75, 3.05) is 18.4 Å². The van der Waals surface area contributed by atoms with Crippen LogP contribution in [0.3, 0.4) is 0 Å². The number of phenolic OH excluding ortho intramolecular Hbond substituents is 1. The van der Waals surface area contributed by atoms with E-state index in [0.29, 0.717) is 17.3 Å². The molecule has 0 aliphatic rings. The highest BCUT2D eigenvalue weighted by atomic mass is 79.9. The summed E-state index contributed by atoms with van der Waals surface area (Å²) in [7, 11) is 0. The normalized spacial score (nSPS) is 11.2. The van der Waals surface area contributed by atoms with Gasteiger partial charge in [-0.25, -0.2) is 0 Å². The van der Waals surface area contributed by atoms with E-state index in [4.69, 9.17) is 11.6 Å². The molecule has 32 heavy (non-hydrogen) atoms. The van der Waals surface area contributed by atoms with E-state index in [0.717, 1.165) is 52.7 Å². The summed E-state index contributed by atoms with van der Waals surface area (Å²) in [5.74, 6) is 0.325. The maximum absolute atomic E-state index is 10.3. The van der Waals surface area contributed by atoms with Gasteiger partial charge >= 0.3 is 0 Å². The van der Waals surface area contributed by atoms with Gasteiger partial charge in [0.2, 0.25) is 0 Å². The first-order valence-electron chi connectivity index (χ1n) is 10.6. The van der Waals surface area contributed by atoms with Crippen LogP contribution < -0.4 is 5.32 Å². The van der Waals surface area contributed by atoms with E-state index in [9.17, 15) is 5.11 Å². The summed E-state index contributed by atoms with van der Waals surface area (Å²) < 4.78 is 0.969. The fourth-order valence-electron chi connectivity index (χ4n) is 3.78. The molecule has 4 nitrogen and oxygen atoms in total. The van der Waals surface area contributed by atoms with Crippen molar-refractivity contribution in [2.24, 2.45) is 0 Å². The lowest BCUT2D eigenvalue weighted by Crippen LogP contribution is -2.25. The third-order valence-corrected chi connectivity index (χ3v) is 6.08. The summed E-state index contributed by atoms with van der Waals surface area (Å²) in [5.41, 5.74) is 4.12. The fourth-order valence-corrected chi connectivity index (χ4v) is 4.35. The van der Waals surface area contributed by atoms with Crippen molar-refractivity contribution in [3.05, 3.63) is 99.6 Å². The lowest BCUT2D eigenvalue weighted by molar-refractivity contribution is 0.252. The van der Waals surface area contributed by atoms with E-state index in [2.05, 4.69) is 55.4 Å². The van der Waals surface area contributed by atoms with Crippen LogP contribution in [-0.4, -0.2) is 28.1 Å². The van der Waals surface area contributed by atoms with Gasteiger partial charge < -0.3 is 10.4 Å². The second kappa shape index (κ2) is 10.8. The highest BCUT2D eigenvalue weighted by Crippen LogP contribution is 2.25. The minimum Gasteiger partial charge on any atom is -0.508 e. The first kappa shape index (κ1) is 22.6. The maximum atomic E-state index is 10.3. The molecule has 0 radical (unpaired) electrons. The van der Waals surface area contributed by atoms with Crippen LogP contribution in [0.1, 0.15) is 17.5 Å². The summed E-state index contributed by atoms with van der Waals surface area (Å²) in [6.07, 6.45) is 2.76. The van der Waals surface area contributed by atoms with Gasteiger partial charge in [-0.1, -0.05) is 57.9 Å². The Morgan fingerprint density at radius 3 is 2.66 bits per heavy atom. The number of halogens is 2. The molecule has 1 heterocycles. The average molecular weight is 511 g/mol. The van der Waals surface area contributed by atoms with Gasteiger partial charge in [-0.2, -0.15) is 0 Å². The number of nitrogens with zero attached hydrogens (tertiary/aromatic N) is 2. The van der Waals surface area contributed by atoms with Crippen molar-refractivity contribution in [1.29, 1.82) is 0 Å². The molecular weight excluding hydrogens is 486 g/mol. The van der Waals surface area contributed by atoms with Gasteiger partial charge in [-0.05, 0) is 54.4 Å². The molecule has 1 aromatic heterocycles. The van der Waals surface area contributed by atoms with E-state index in [1.165, 1.54) is 5.56 Å². The maximum Gasteiger partial charge on any atom is 0.120 e. The molecule has 0 atom stereocenters. The van der Waals surface area contributed by atoms with Crippen molar-refractivity contribution >= 4 is 44.1 Å². The molecule has 0 aliphatic heterocycles. The largest absolute Gasteiger partial charge is 0.508 e. The summed E-state index contributed by atoms with van der Waals surface area (Å²) in [5, 5.41) is 15.6. The molecule has 3 aromatic carbocycles. The molecule has 0 bridgehead atoms. The molecule has 164 valence electrons. The van der Waals surface area contributed by atoms with Crippen molar-refractivity contribution in [1.82, 2.24) is 9.88 Å². The van der Waals surface area contributed by atoms with E-state index >= 15 is 0 Å². The number of aromatic nitrogens is 1. The van der Waals surface area contributed by atoms with E-state index in [-0.39, 0.29) is 0 Å². The van der Waals surface area contributed by atoms with E-state index in [1.807, 2.05) is 42.5 Å². The zero-order chi connectivity index (χ0) is 22.3. The summed E-state index contributed by atoms with van der Waals surface area (Å²) in [6.45, 7) is 3.22. The number of pyridine rings is 1. The molecule has 0 saturated heterocycles. The molecule has 4 aromatic rings. The Kier molecular flexibility index (Phi) is 7.63. The Balaban J connectivity index is 1.41. The van der Waals surface area contributed by atoms with Gasteiger partial charge in [0.1, 0.15) is 5.75 Å². The van der Waals surface area contributed by atoms with Crippen molar-refractivity contribution in [3.8, 4) is 5.75 Å². The number of nitrogens with one attached hydrogen (secondary N) is 1. The van der Waals surface area contributed by atoms with Crippen molar-refractivity contribution < 1.29 is 5.11 Å². The quantitative estimate of drug-likeness (QED) is 0.241. The average Bonchev–Trinajstić information content (AvgIpc) is 2.79. The van der Waals surface area contributed by atoms with Crippen LogP contribution in [0.5, 0.6) is 5.75 Å². The Bertz CT molecular complexity index is 1190. The molecule has 0 saturated carbocycles. The standard InChI is InChI=1S/C26H25BrClN3O/c27-21-7-10-26(32)20(15-21)18-31(17-19-5-2-1-3-6-19)14-4-12-29-24-11-13-30-25-16-22(28)8-9-23(24)25/h1-3,5-11,13,15-16,32H,4,12,14,17-18H2,(H,29,30). The molecule has 4 rings (SSSR count). The second-order valence-electron chi connectivity index (χ2n) is 7.77. The summed E-state index contributed by atoms with van der Waals surface area (Å²) >= 11 is 9.61. The van der Waals surface area contributed by atoms with E-state index in [1.54, 1.807) is 12.3 Å². The highest BCUT2D eigenvalue weighted by molar-refractivity contribution is 9.10. The third kappa shape index (κ3) is 6.00. The Hall–Kier alpha value is -2.60. The van der Waals surface area contributed by atoms with Gasteiger partial charge in [0.05, 0.1) is 5.52 Å². The number of anilines is 1. The Labute approximate surface area is 202 Å². The van der Waals surface area contributed by atoms with E-state index < -0.39 is 0 Å². The molecule has 2 N–H and O–H groups in total. The minimum absolute atomic E-state index is 0.325. The number of hydrogen-bond acceptors (Lipinski definition) is 4. The van der Waals surface area contributed by atoms with Gasteiger partial charge in [-0.15, -0.1) is 0 Å². The first-order chi connectivity index (χ1) is 15.6. The predicted octanol–water partition coefficient (Wildman–Crippen LogP) is 6.86. The Morgan fingerprint density at radius 1 is 0.969 bits per heavy atom. The summed E-state index contributed by atoms with van der Waals surface area (Å²) in [6, 6.07) is 23.8. The number of fused-ring (bicyclic) bond motifs is 1.